The molecule has 0 radical (unpaired) electrons. The number of amides is 1. The Bertz CT molecular complexity index is 473. The molecule has 1 aromatic rings. The van der Waals surface area contributed by atoms with Crippen LogP contribution in [0, 0.1) is 0 Å². The number of methoxy groups -OCH3 is 1. The molecule has 1 atom stereocenters. The second kappa shape index (κ2) is 8.03. The van der Waals surface area contributed by atoms with E-state index in [-0.39, 0.29) is 5.91 Å². The number of rotatable bonds is 7. The van der Waals surface area contributed by atoms with Crippen LogP contribution in [-0.2, 0) is 22.4 Å². The van der Waals surface area contributed by atoms with Gasteiger partial charge in [0.2, 0.25) is 0 Å². The van der Waals surface area contributed by atoms with E-state index in [1.165, 1.54) is 24.0 Å². The van der Waals surface area contributed by atoms with Gasteiger partial charge in [0.25, 0.3) is 5.91 Å². The van der Waals surface area contributed by atoms with Gasteiger partial charge in [-0.1, -0.05) is 12.1 Å². The van der Waals surface area contributed by atoms with Gasteiger partial charge >= 0.3 is 0 Å². The largest absolute Gasteiger partial charge is 0.481 e. The maximum Gasteiger partial charge on any atom is 0.260 e. The van der Waals surface area contributed by atoms with E-state index in [1.54, 1.807) is 14.0 Å². The van der Waals surface area contributed by atoms with Crippen LogP contribution in [-0.4, -0.2) is 32.3 Å². The molecular weight excluding hydrogens is 266 g/mol. The van der Waals surface area contributed by atoms with E-state index in [0.29, 0.717) is 13.2 Å². The Morgan fingerprint density at radius 3 is 2.95 bits per heavy atom. The molecule has 2 rings (SSSR count). The standard InChI is InChI=1S/C17H25NO3/c1-13(17(19)18-11-6-12-20-2)21-16-10-5-8-14-7-3-4-9-15(14)16/h5,8,10,13H,3-4,6-7,9,11-12H2,1-2H3,(H,18,19)/t13-/m0/s1. The van der Waals surface area contributed by atoms with E-state index in [1.807, 2.05) is 12.1 Å². The van der Waals surface area contributed by atoms with Gasteiger partial charge in [-0.25, -0.2) is 0 Å². The molecule has 4 nitrogen and oxygen atoms in total. The Labute approximate surface area is 126 Å². The molecule has 0 spiro atoms. The third kappa shape index (κ3) is 4.46. The molecule has 116 valence electrons. The zero-order valence-corrected chi connectivity index (χ0v) is 13.0. The number of fused-ring (bicyclic) bond motifs is 1. The van der Waals surface area contributed by atoms with Gasteiger partial charge < -0.3 is 14.8 Å². The zero-order chi connectivity index (χ0) is 15.1. The molecular formula is C17H25NO3. The summed E-state index contributed by atoms with van der Waals surface area (Å²) in [4.78, 5) is 12.0. The quantitative estimate of drug-likeness (QED) is 0.785. The fraction of sp³-hybridized carbons (Fsp3) is 0.588. The van der Waals surface area contributed by atoms with Crippen LogP contribution in [0.25, 0.3) is 0 Å². The van der Waals surface area contributed by atoms with Crippen LogP contribution in [0.1, 0.15) is 37.3 Å². The van der Waals surface area contributed by atoms with Crippen molar-refractivity contribution in [2.24, 2.45) is 0 Å². The first-order chi connectivity index (χ1) is 10.2. The van der Waals surface area contributed by atoms with Crippen LogP contribution in [0.5, 0.6) is 5.75 Å². The number of benzene rings is 1. The summed E-state index contributed by atoms with van der Waals surface area (Å²) in [5.74, 6) is 0.797. The van der Waals surface area contributed by atoms with Crippen LogP contribution in [0.4, 0.5) is 0 Å². The Kier molecular flexibility index (Phi) is 6.05. The van der Waals surface area contributed by atoms with Gasteiger partial charge in [-0.15, -0.1) is 0 Å². The zero-order valence-electron chi connectivity index (χ0n) is 13.0. The normalized spacial score (nSPS) is 15.1. The van der Waals surface area contributed by atoms with Crippen molar-refractivity contribution in [2.75, 3.05) is 20.3 Å². The molecule has 1 aliphatic rings. The fourth-order valence-corrected chi connectivity index (χ4v) is 2.67. The molecule has 21 heavy (non-hydrogen) atoms. The van der Waals surface area contributed by atoms with Crippen LogP contribution in [0.15, 0.2) is 18.2 Å². The van der Waals surface area contributed by atoms with Crippen LogP contribution in [0.3, 0.4) is 0 Å². The highest BCUT2D eigenvalue weighted by Crippen LogP contribution is 2.30. The predicted molar refractivity (Wildman–Crippen MR) is 82.7 cm³/mol. The second-order valence-electron chi connectivity index (χ2n) is 5.50. The Hall–Kier alpha value is -1.55. The number of hydrogen-bond acceptors (Lipinski definition) is 3. The lowest BCUT2D eigenvalue weighted by molar-refractivity contribution is -0.127. The minimum absolute atomic E-state index is 0.0699. The molecule has 0 aliphatic heterocycles. The highest BCUT2D eigenvalue weighted by atomic mass is 16.5. The fourth-order valence-electron chi connectivity index (χ4n) is 2.67. The molecule has 1 N–H and O–H groups in total. The van der Waals surface area contributed by atoms with Gasteiger partial charge in [-0.05, 0) is 56.2 Å². The maximum atomic E-state index is 12.0. The minimum Gasteiger partial charge on any atom is -0.481 e. The number of carbonyl (C=O) groups excluding carboxylic acids is 1. The monoisotopic (exact) mass is 291 g/mol. The first-order valence-corrected chi connectivity index (χ1v) is 7.76. The van der Waals surface area contributed by atoms with Gasteiger partial charge in [0.05, 0.1) is 0 Å². The topological polar surface area (TPSA) is 47.6 Å². The summed E-state index contributed by atoms with van der Waals surface area (Å²) < 4.78 is 10.8. The van der Waals surface area contributed by atoms with E-state index in [9.17, 15) is 4.79 Å². The molecule has 1 amide bonds. The Balaban J connectivity index is 1.90. The van der Waals surface area contributed by atoms with Crippen LogP contribution >= 0.6 is 0 Å². The average molecular weight is 291 g/mol. The van der Waals surface area contributed by atoms with E-state index in [4.69, 9.17) is 9.47 Å². The lowest BCUT2D eigenvalue weighted by Gasteiger charge is -2.22. The summed E-state index contributed by atoms with van der Waals surface area (Å²) in [6.45, 7) is 3.07. The predicted octanol–water partition coefficient (Wildman–Crippen LogP) is 2.49. The van der Waals surface area contributed by atoms with Gasteiger partial charge in [0, 0.05) is 20.3 Å². The molecule has 1 aromatic carbocycles. The van der Waals surface area contributed by atoms with Crippen molar-refractivity contribution >= 4 is 5.91 Å². The van der Waals surface area contributed by atoms with Crippen molar-refractivity contribution in [3.8, 4) is 5.75 Å². The SMILES string of the molecule is COCCCNC(=O)[C@H](C)Oc1cccc2c1CCCC2. The number of aryl methyl sites for hydroxylation is 1. The number of ether oxygens (including phenoxy) is 2. The molecule has 0 heterocycles. The van der Waals surface area contributed by atoms with E-state index in [2.05, 4.69) is 11.4 Å². The Morgan fingerprint density at radius 1 is 1.33 bits per heavy atom. The minimum atomic E-state index is -0.471. The molecule has 4 heteroatoms. The van der Waals surface area contributed by atoms with Crippen molar-refractivity contribution in [1.29, 1.82) is 0 Å². The summed E-state index contributed by atoms with van der Waals surface area (Å²) in [7, 11) is 1.66. The summed E-state index contributed by atoms with van der Waals surface area (Å²) in [5.41, 5.74) is 2.65. The number of carbonyl (C=O) groups is 1. The van der Waals surface area contributed by atoms with Gasteiger partial charge in [-0.2, -0.15) is 0 Å². The van der Waals surface area contributed by atoms with Crippen molar-refractivity contribution in [2.45, 2.75) is 45.1 Å². The van der Waals surface area contributed by atoms with Crippen LogP contribution in [0.2, 0.25) is 0 Å². The number of hydrogen-bond donors (Lipinski definition) is 1. The summed E-state index contributed by atoms with van der Waals surface area (Å²) in [6.07, 6.45) is 4.95. The summed E-state index contributed by atoms with van der Waals surface area (Å²) >= 11 is 0. The van der Waals surface area contributed by atoms with Crippen molar-refractivity contribution in [3.05, 3.63) is 29.3 Å². The van der Waals surface area contributed by atoms with Crippen molar-refractivity contribution in [3.63, 3.8) is 0 Å². The molecule has 0 aromatic heterocycles. The van der Waals surface area contributed by atoms with Crippen molar-refractivity contribution in [1.82, 2.24) is 5.32 Å². The molecule has 0 saturated carbocycles. The van der Waals surface area contributed by atoms with Gasteiger partial charge in [-0.3, -0.25) is 4.79 Å². The molecule has 0 bridgehead atoms. The molecule has 1 aliphatic carbocycles. The van der Waals surface area contributed by atoms with E-state index in [0.717, 1.165) is 25.0 Å². The first-order valence-electron chi connectivity index (χ1n) is 7.76. The lowest BCUT2D eigenvalue weighted by Crippen LogP contribution is -2.37. The van der Waals surface area contributed by atoms with E-state index < -0.39 is 6.10 Å². The molecule has 0 saturated heterocycles. The van der Waals surface area contributed by atoms with Crippen LogP contribution < -0.4 is 10.1 Å². The van der Waals surface area contributed by atoms with Crippen molar-refractivity contribution < 1.29 is 14.3 Å². The van der Waals surface area contributed by atoms with Gasteiger partial charge in [0.1, 0.15) is 5.75 Å². The third-order valence-corrected chi connectivity index (χ3v) is 3.85. The maximum absolute atomic E-state index is 12.0. The summed E-state index contributed by atoms with van der Waals surface area (Å²) in [6, 6.07) is 6.15. The lowest BCUT2D eigenvalue weighted by atomic mass is 9.91. The molecule has 0 fully saturated rings. The highest BCUT2D eigenvalue weighted by molar-refractivity contribution is 5.80. The summed E-state index contributed by atoms with van der Waals surface area (Å²) in [5, 5.41) is 2.87. The molecule has 0 unspecified atom stereocenters. The average Bonchev–Trinajstić information content (AvgIpc) is 2.51. The highest BCUT2D eigenvalue weighted by Gasteiger charge is 2.18. The van der Waals surface area contributed by atoms with Gasteiger partial charge in [0.15, 0.2) is 6.10 Å². The van der Waals surface area contributed by atoms with E-state index >= 15 is 0 Å². The first kappa shape index (κ1) is 15.8. The smallest absolute Gasteiger partial charge is 0.260 e. The second-order valence-corrected chi connectivity index (χ2v) is 5.50. The third-order valence-electron chi connectivity index (χ3n) is 3.85. The Morgan fingerprint density at radius 2 is 2.14 bits per heavy atom. The number of nitrogens with one attached hydrogen (secondary N) is 1.